The third kappa shape index (κ3) is 1.99. The molecule has 1 aromatic carbocycles. The minimum Gasteiger partial charge on any atom is -0.382 e. The maximum Gasteiger partial charge on any atom is 0.123 e. The summed E-state index contributed by atoms with van der Waals surface area (Å²) in [6, 6.07) is 10.4. The number of thiophene rings is 2. The summed E-state index contributed by atoms with van der Waals surface area (Å²) in [5, 5.41) is 13.0. The van der Waals surface area contributed by atoms with Gasteiger partial charge in [-0.1, -0.05) is 6.07 Å². The molecule has 3 aromatic rings. The highest BCUT2D eigenvalue weighted by Crippen LogP contribution is 2.34. The first kappa shape index (κ1) is 10.9. The Hall–Kier alpha value is -1.23. The van der Waals surface area contributed by atoms with Gasteiger partial charge in [-0.25, -0.2) is 4.39 Å². The van der Waals surface area contributed by atoms with Crippen molar-refractivity contribution in [1.82, 2.24) is 0 Å². The van der Waals surface area contributed by atoms with Crippen LogP contribution in [0.25, 0.3) is 10.1 Å². The lowest BCUT2D eigenvalue weighted by molar-refractivity contribution is 0.228. The molecule has 1 N–H and O–H groups in total. The van der Waals surface area contributed by atoms with Crippen molar-refractivity contribution in [2.45, 2.75) is 6.10 Å². The molecular formula is C13H9FOS2. The highest BCUT2D eigenvalue weighted by molar-refractivity contribution is 7.19. The van der Waals surface area contributed by atoms with E-state index in [1.165, 1.54) is 34.8 Å². The molecule has 0 bridgehead atoms. The normalized spacial score (nSPS) is 13.1. The van der Waals surface area contributed by atoms with Crippen LogP contribution in [0.3, 0.4) is 0 Å². The molecule has 2 aromatic heterocycles. The number of hydrogen-bond donors (Lipinski definition) is 1. The summed E-state index contributed by atoms with van der Waals surface area (Å²) < 4.78 is 14.1. The Labute approximate surface area is 106 Å². The monoisotopic (exact) mass is 264 g/mol. The molecule has 0 radical (unpaired) electrons. The number of hydrogen-bond acceptors (Lipinski definition) is 3. The first-order valence-corrected chi connectivity index (χ1v) is 6.84. The standard InChI is InChI=1S/C13H9FOS2/c14-9-3-4-10-8(6-9)7-12(17-10)13(15)11-2-1-5-16-11/h1-7,13,15H. The van der Waals surface area contributed by atoms with Crippen molar-refractivity contribution in [2.75, 3.05) is 0 Å². The van der Waals surface area contributed by atoms with Gasteiger partial charge in [-0.05, 0) is 41.1 Å². The van der Waals surface area contributed by atoms with Gasteiger partial charge >= 0.3 is 0 Å². The minimum absolute atomic E-state index is 0.243. The van der Waals surface area contributed by atoms with Crippen LogP contribution in [0.1, 0.15) is 15.9 Å². The average Bonchev–Trinajstić information content (AvgIpc) is 2.96. The molecule has 17 heavy (non-hydrogen) atoms. The lowest BCUT2D eigenvalue weighted by Crippen LogP contribution is -1.92. The zero-order valence-corrected chi connectivity index (χ0v) is 10.4. The van der Waals surface area contributed by atoms with E-state index in [4.69, 9.17) is 0 Å². The third-order valence-electron chi connectivity index (χ3n) is 2.58. The molecule has 0 saturated carbocycles. The molecule has 2 heterocycles. The molecule has 0 spiro atoms. The highest BCUT2D eigenvalue weighted by atomic mass is 32.1. The van der Waals surface area contributed by atoms with E-state index in [1.54, 1.807) is 6.07 Å². The Morgan fingerprint density at radius 1 is 1.12 bits per heavy atom. The minimum atomic E-state index is -0.601. The van der Waals surface area contributed by atoms with Gasteiger partial charge in [-0.2, -0.15) is 0 Å². The van der Waals surface area contributed by atoms with E-state index in [1.807, 2.05) is 23.6 Å². The van der Waals surface area contributed by atoms with Gasteiger partial charge < -0.3 is 5.11 Å². The van der Waals surface area contributed by atoms with Crippen LogP contribution in [0.5, 0.6) is 0 Å². The Kier molecular flexibility index (Phi) is 2.70. The van der Waals surface area contributed by atoms with Crippen LogP contribution in [0.15, 0.2) is 41.8 Å². The van der Waals surface area contributed by atoms with Gasteiger partial charge in [0.2, 0.25) is 0 Å². The van der Waals surface area contributed by atoms with Gasteiger partial charge in [0.25, 0.3) is 0 Å². The maximum absolute atomic E-state index is 13.1. The number of aliphatic hydroxyl groups excluding tert-OH is 1. The Morgan fingerprint density at radius 3 is 2.76 bits per heavy atom. The SMILES string of the molecule is OC(c1cccs1)c1cc2cc(F)ccc2s1. The molecule has 1 atom stereocenters. The summed E-state index contributed by atoms with van der Waals surface area (Å²) in [5.41, 5.74) is 0. The van der Waals surface area contributed by atoms with Gasteiger partial charge in [0.15, 0.2) is 0 Å². The van der Waals surface area contributed by atoms with Crippen molar-refractivity contribution in [1.29, 1.82) is 0 Å². The summed E-state index contributed by atoms with van der Waals surface area (Å²) in [6.07, 6.45) is -0.601. The van der Waals surface area contributed by atoms with Crippen LogP contribution in [0.2, 0.25) is 0 Å². The van der Waals surface area contributed by atoms with Crippen molar-refractivity contribution < 1.29 is 9.50 Å². The van der Waals surface area contributed by atoms with E-state index in [2.05, 4.69) is 0 Å². The Balaban J connectivity index is 2.06. The van der Waals surface area contributed by atoms with Crippen LogP contribution in [-0.2, 0) is 0 Å². The fraction of sp³-hybridized carbons (Fsp3) is 0.0769. The Bertz CT molecular complexity index is 643. The lowest BCUT2D eigenvalue weighted by Gasteiger charge is -2.04. The van der Waals surface area contributed by atoms with E-state index in [0.29, 0.717) is 0 Å². The second-order valence-corrected chi connectivity index (χ2v) is 5.84. The zero-order valence-electron chi connectivity index (χ0n) is 8.76. The van der Waals surface area contributed by atoms with E-state index in [0.717, 1.165) is 19.8 Å². The second-order valence-electron chi connectivity index (χ2n) is 3.75. The molecule has 1 nitrogen and oxygen atoms in total. The molecule has 1 unspecified atom stereocenters. The summed E-state index contributed by atoms with van der Waals surface area (Å²) in [6.45, 7) is 0. The molecule has 86 valence electrons. The van der Waals surface area contributed by atoms with Crippen LogP contribution >= 0.6 is 22.7 Å². The predicted octanol–water partition coefficient (Wildman–Crippen LogP) is 4.18. The summed E-state index contributed by atoms with van der Waals surface area (Å²) >= 11 is 3.02. The molecule has 4 heteroatoms. The largest absolute Gasteiger partial charge is 0.382 e. The van der Waals surface area contributed by atoms with E-state index < -0.39 is 6.10 Å². The van der Waals surface area contributed by atoms with Gasteiger partial charge in [0.1, 0.15) is 11.9 Å². The van der Waals surface area contributed by atoms with E-state index >= 15 is 0 Å². The fourth-order valence-electron chi connectivity index (χ4n) is 1.76. The molecule has 0 saturated heterocycles. The lowest BCUT2D eigenvalue weighted by atomic mass is 10.2. The smallest absolute Gasteiger partial charge is 0.123 e. The Morgan fingerprint density at radius 2 is 2.00 bits per heavy atom. The van der Waals surface area contributed by atoms with E-state index in [9.17, 15) is 9.50 Å². The van der Waals surface area contributed by atoms with Crippen molar-refractivity contribution in [3.8, 4) is 0 Å². The molecule has 0 amide bonds. The molecule has 0 aliphatic carbocycles. The summed E-state index contributed by atoms with van der Waals surface area (Å²) in [7, 11) is 0. The predicted molar refractivity (Wildman–Crippen MR) is 70.2 cm³/mol. The first-order valence-electron chi connectivity index (χ1n) is 5.14. The van der Waals surface area contributed by atoms with Crippen molar-refractivity contribution in [3.05, 3.63) is 57.3 Å². The first-order chi connectivity index (χ1) is 8.24. The number of aliphatic hydroxyl groups is 1. The maximum atomic E-state index is 13.1. The van der Waals surface area contributed by atoms with Crippen molar-refractivity contribution in [2.24, 2.45) is 0 Å². The quantitative estimate of drug-likeness (QED) is 0.736. The second kappa shape index (κ2) is 4.22. The number of halogens is 1. The number of fused-ring (bicyclic) bond motifs is 1. The van der Waals surface area contributed by atoms with Crippen LogP contribution in [-0.4, -0.2) is 5.11 Å². The van der Waals surface area contributed by atoms with Crippen molar-refractivity contribution in [3.63, 3.8) is 0 Å². The van der Waals surface area contributed by atoms with Gasteiger partial charge in [0, 0.05) is 14.5 Å². The van der Waals surface area contributed by atoms with Crippen LogP contribution < -0.4 is 0 Å². The molecule has 3 rings (SSSR count). The van der Waals surface area contributed by atoms with Gasteiger partial charge in [0.05, 0.1) is 0 Å². The number of rotatable bonds is 2. The molecule has 0 fully saturated rings. The fourth-order valence-corrected chi connectivity index (χ4v) is 3.61. The molecule has 0 aliphatic heterocycles. The topological polar surface area (TPSA) is 20.2 Å². The summed E-state index contributed by atoms with van der Waals surface area (Å²) in [4.78, 5) is 1.77. The summed E-state index contributed by atoms with van der Waals surface area (Å²) in [5.74, 6) is -0.243. The van der Waals surface area contributed by atoms with Gasteiger partial charge in [-0.3, -0.25) is 0 Å². The molecular weight excluding hydrogens is 255 g/mol. The van der Waals surface area contributed by atoms with E-state index in [-0.39, 0.29) is 5.82 Å². The number of benzene rings is 1. The van der Waals surface area contributed by atoms with Crippen molar-refractivity contribution >= 4 is 32.8 Å². The zero-order chi connectivity index (χ0) is 11.8. The average molecular weight is 264 g/mol. The van der Waals surface area contributed by atoms with Crippen LogP contribution in [0, 0.1) is 5.82 Å². The highest BCUT2D eigenvalue weighted by Gasteiger charge is 2.14. The van der Waals surface area contributed by atoms with Gasteiger partial charge in [-0.15, -0.1) is 22.7 Å². The third-order valence-corrected chi connectivity index (χ3v) is 4.67. The molecule has 0 aliphatic rings. The van der Waals surface area contributed by atoms with Crippen LogP contribution in [0.4, 0.5) is 4.39 Å².